The second-order valence-corrected chi connectivity index (χ2v) is 8.17. The Bertz CT molecular complexity index is 1080. The summed E-state index contributed by atoms with van der Waals surface area (Å²) in [6, 6.07) is 10.0. The Hall–Kier alpha value is -3.60. The summed E-state index contributed by atoms with van der Waals surface area (Å²) in [5, 5.41) is 23.9. The molecule has 0 saturated carbocycles. The van der Waals surface area contributed by atoms with Gasteiger partial charge in [0.1, 0.15) is 5.54 Å². The van der Waals surface area contributed by atoms with Gasteiger partial charge in [0.15, 0.2) is 0 Å². The van der Waals surface area contributed by atoms with Crippen LogP contribution in [0.1, 0.15) is 36.3 Å². The molecule has 0 atom stereocenters. The normalized spacial score (nSPS) is 15.0. The van der Waals surface area contributed by atoms with E-state index in [-0.39, 0.29) is 17.5 Å². The van der Waals surface area contributed by atoms with E-state index < -0.39 is 0 Å². The third kappa shape index (κ3) is 3.54. The maximum atomic E-state index is 12.1. The van der Waals surface area contributed by atoms with Crippen LogP contribution < -0.4 is 10.2 Å². The van der Waals surface area contributed by atoms with Gasteiger partial charge in [0, 0.05) is 53.4 Å². The quantitative estimate of drug-likeness (QED) is 0.659. The summed E-state index contributed by atoms with van der Waals surface area (Å²) < 4.78 is 1.92. The lowest BCUT2D eigenvalue weighted by atomic mass is 9.86. The molecule has 1 fully saturated rings. The minimum atomic E-state index is -0.363. The number of amides is 1. The molecule has 8 nitrogen and oxygen atoms in total. The van der Waals surface area contributed by atoms with Gasteiger partial charge in [-0.3, -0.25) is 14.6 Å². The molecule has 0 spiro atoms. The molecule has 8 heteroatoms. The van der Waals surface area contributed by atoms with E-state index in [1.807, 2.05) is 62.1 Å². The van der Waals surface area contributed by atoms with Gasteiger partial charge in [-0.05, 0) is 45.0 Å². The van der Waals surface area contributed by atoms with Crippen LogP contribution in [0.15, 0.2) is 42.9 Å². The highest BCUT2D eigenvalue weighted by Gasteiger charge is 2.45. The van der Waals surface area contributed by atoms with Gasteiger partial charge in [-0.25, -0.2) is 0 Å². The third-order valence-corrected chi connectivity index (χ3v) is 5.50. The first-order valence-electron chi connectivity index (χ1n) is 10.0. The Morgan fingerprint density at radius 3 is 2.63 bits per heavy atom. The predicted molar refractivity (Wildman–Crippen MR) is 114 cm³/mol. The predicted octanol–water partition coefficient (Wildman–Crippen LogP) is 2.85. The average molecular weight is 403 g/mol. The number of nitriles is 1. The standard InChI is InChI=1S/C22H25N7O/c1-15(2)26-21(30)17-4-6-19(7-5-17)28-13-22(14-28,8-9-23)29-12-18(10-25-29)20-11-24-27-16(20)3/h4-7,10-12,15H,8,13-14H2,1-3H3,(H,24,27)(H,26,30). The van der Waals surface area contributed by atoms with E-state index in [1.54, 1.807) is 6.20 Å². The number of carbonyl (C=O) groups is 1. The topological polar surface area (TPSA) is 103 Å². The van der Waals surface area contributed by atoms with Crippen molar-refractivity contribution in [3.63, 3.8) is 0 Å². The Labute approximate surface area is 175 Å². The number of H-pyrrole nitrogens is 1. The van der Waals surface area contributed by atoms with Crippen molar-refractivity contribution < 1.29 is 4.79 Å². The molecular formula is C22H25N7O. The van der Waals surface area contributed by atoms with E-state index in [0.717, 1.165) is 22.5 Å². The SMILES string of the molecule is Cc1[nH]ncc1-c1cnn(C2(CC#N)CN(c3ccc(C(=O)NC(C)C)cc3)C2)c1. The largest absolute Gasteiger partial charge is 0.366 e. The minimum Gasteiger partial charge on any atom is -0.366 e. The highest BCUT2D eigenvalue weighted by Crippen LogP contribution is 2.36. The van der Waals surface area contributed by atoms with Crippen LogP contribution in [0.4, 0.5) is 5.69 Å². The molecular weight excluding hydrogens is 378 g/mol. The van der Waals surface area contributed by atoms with Crippen LogP contribution in [0.2, 0.25) is 0 Å². The summed E-state index contributed by atoms with van der Waals surface area (Å²) in [5.41, 5.74) is 4.29. The molecule has 30 heavy (non-hydrogen) atoms. The molecule has 0 unspecified atom stereocenters. The number of rotatable bonds is 6. The average Bonchev–Trinajstić information content (AvgIpc) is 3.33. The summed E-state index contributed by atoms with van der Waals surface area (Å²) in [6.45, 7) is 7.22. The van der Waals surface area contributed by atoms with Gasteiger partial charge < -0.3 is 10.2 Å². The number of hydrogen-bond acceptors (Lipinski definition) is 5. The van der Waals surface area contributed by atoms with Crippen molar-refractivity contribution in [2.45, 2.75) is 38.8 Å². The molecule has 2 N–H and O–H groups in total. The first kappa shape index (κ1) is 19.7. The molecule has 0 radical (unpaired) electrons. The molecule has 0 bridgehead atoms. The second kappa shape index (κ2) is 7.67. The zero-order valence-corrected chi connectivity index (χ0v) is 17.4. The van der Waals surface area contributed by atoms with E-state index in [4.69, 9.17) is 0 Å². The smallest absolute Gasteiger partial charge is 0.251 e. The van der Waals surface area contributed by atoms with Gasteiger partial charge in [0.05, 0.1) is 24.9 Å². The van der Waals surface area contributed by atoms with E-state index in [1.165, 1.54) is 0 Å². The van der Waals surface area contributed by atoms with Crippen LogP contribution >= 0.6 is 0 Å². The van der Waals surface area contributed by atoms with Crippen LogP contribution in [0, 0.1) is 18.3 Å². The van der Waals surface area contributed by atoms with Gasteiger partial charge in [-0.1, -0.05) is 0 Å². The lowest BCUT2D eigenvalue weighted by molar-refractivity contribution is 0.0943. The van der Waals surface area contributed by atoms with Gasteiger partial charge in [0.2, 0.25) is 0 Å². The Balaban J connectivity index is 1.49. The first-order valence-corrected chi connectivity index (χ1v) is 10.0. The number of aromatic amines is 1. The van der Waals surface area contributed by atoms with Crippen molar-refractivity contribution >= 4 is 11.6 Å². The molecule has 1 aliphatic rings. The molecule has 1 aliphatic heterocycles. The summed E-state index contributed by atoms with van der Waals surface area (Å²) in [5.74, 6) is -0.0717. The zero-order valence-electron chi connectivity index (χ0n) is 17.4. The van der Waals surface area contributed by atoms with E-state index in [2.05, 4.69) is 31.6 Å². The van der Waals surface area contributed by atoms with E-state index >= 15 is 0 Å². The molecule has 3 aromatic rings. The number of hydrogen-bond donors (Lipinski definition) is 2. The van der Waals surface area contributed by atoms with Crippen molar-refractivity contribution in [3.05, 3.63) is 54.1 Å². The molecule has 1 saturated heterocycles. The fourth-order valence-electron chi connectivity index (χ4n) is 3.86. The fourth-order valence-corrected chi connectivity index (χ4v) is 3.86. The maximum Gasteiger partial charge on any atom is 0.251 e. The number of aryl methyl sites for hydroxylation is 1. The molecule has 0 aliphatic carbocycles. The lowest BCUT2D eigenvalue weighted by Gasteiger charge is -2.50. The Kier molecular flexibility index (Phi) is 5.04. The summed E-state index contributed by atoms with van der Waals surface area (Å²) in [6.07, 6.45) is 5.98. The highest BCUT2D eigenvalue weighted by molar-refractivity contribution is 5.94. The van der Waals surface area contributed by atoms with Crippen molar-refractivity contribution in [1.82, 2.24) is 25.3 Å². The molecule has 154 valence electrons. The number of nitrogens with zero attached hydrogens (tertiary/aromatic N) is 5. The number of anilines is 1. The van der Waals surface area contributed by atoms with Crippen molar-refractivity contribution in [1.29, 1.82) is 5.26 Å². The molecule has 1 amide bonds. The highest BCUT2D eigenvalue weighted by atomic mass is 16.1. The van der Waals surface area contributed by atoms with Crippen molar-refractivity contribution in [2.24, 2.45) is 0 Å². The van der Waals surface area contributed by atoms with Crippen LogP contribution in [-0.4, -0.2) is 45.0 Å². The summed E-state index contributed by atoms with van der Waals surface area (Å²) >= 11 is 0. The van der Waals surface area contributed by atoms with E-state index in [0.29, 0.717) is 25.1 Å². The third-order valence-electron chi connectivity index (χ3n) is 5.50. The lowest BCUT2D eigenvalue weighted by Crippen LogP contribution is -2.63. The van der Waals surface area contributed by atoms with Crippen LogP contribution in [0.25, 0.3) is 11.1 Å². The molecule has 4 rings (SSSR count). The monoisotopic (exact) mass is 403 g/mol. The zero-order chi connectivity index (χ0) is 21.3. The summed E-state index contributed by atoms with van der Waals surface area (Å²) in [7, 11) is 0. The number of carbonyl (C=O) groups excluding carboxylic acids is 1. The minimum absolute atomic E-state index is 0.0717. The Morgan fingerprint density at radius 1 is 1.30 bits per heavy atom. The second-order valence-electron chi connectivity index (χ2n) is 8.17. The van der Waals surface area contributed by atoms with Crippen molar-refractivity contribution in [2.75, 3.05) is 18.0 Å². The molecule has 3 heterocycles. The molecule has 2 aromatic heterocycles. The summed E-state index contributed by atoms with van der Waals surface area (Å²) in [4.78, 5) is 14.3. The van der Waals surface area contributed by atoms with Gasteiger partial charge >= 0.3 is 0 Å². The fraction of sp³-hybridized carbons (Fsp3) is 0.364. The van der Waals surface area contributed by atoms with Gasteiger partial charge in [-0.2, -0.15) is 15.5 Å². The number of nitrogens with one attached hydrogen (secondary N) is 2. The van der Waals surface area contributed by atoms with E-state index in [9.17, 15) is 10.1 Å². The first-order chi connectivity index (χ1) is 14.4. The Morgan fingerprint density at radius 2 is 2.03 bits per heavy atom. The molecule has 1 aromatic carbocycles. The van der Waals surface area contributed by atoms with Crippen LogP contribution in [-0.2, 0) is 5.54 Å². The van der Waals surface area contributed by atoms with Crippen molar-refractivity contribution in [3.8, 4) is 17.2 Å². The van der Waals surface area contributed by atoms with Crippen LogP contribution in [0.3, 0.4) is 0 Å². The number of benzene rings is 1. The van der Waals surface area contributed by atoms with Gasteiger partial charge in [0.25, 0.3) is 5.91 Å². The number of aromatic nitrogens is 4. The van der Waals surface area contributed by atoms with Gasteiger partial charge in [-0.15, -0.1) is 0 Å². The maximum absolute atomic E-state index is 12.1. The van der Waals surface area contributed by atoms with Crippen LogP contribution in [0.5, 0.6) is 0 Å².